The molecule has 0 radical (unpaired) electrons. The van der Waals surface area contributed by atoms with Crippen LogP contribution in [0, 0.1) is 10.1 Å². The zero-order valence-electron chi connectivity index (χ0n) is 9.92. The summed E-state index contributed by atoms with van der Waals surface area (Å²) in [5.41, 5.74) is -0.512. The van der Waals surface area contributed by atoms with Crippen LogP contribution in [0.4, 0.5) is 11.4 Å². The third-order valence-electron chi connectivity index (χ3n) is 2.44. The quantitative estimate of drug-likeness (QED) is 0.662. The number of aromatic amines is 1. The van der Waals surface area contributed by atoms with E-state index in [1.165, 1.54) is 30.5 Å². The number of pyridine rings is 1. The van der Waals surface area contributed by atoms with Gasteiger partial charge < -0.3 is 10.3 Å². The molecule has 1 aromatic heterocycles. The van der Waals surface area contributed by atoms with Gasteiger partial charge in [-0.25, -0.2) is 0 Å². The van der Waals surface area contributed by atoms with E-state index in [1.54, 1.807) is 0 Å². The van der Waals surface area contributed by atoms with Crippen molar-refractivity contribution in [3.63, 3.8) is 0 Å². The first-order valence-electron chi connectivity index (χ1n) is 5.41. The van der Waals surface area contributed by atoms with Crippen LogP contribution in [0.25, 0.3) is 0 Å². The van der Waals surface area contributed by atoms with Gasteiger partial charge in [0.15, 0.2) is 0 Å². The molecule has 8 heteroatoms. The predicted octanol–water partition coefficient (Wildman–Crippen LogP) is 2.30. The first kappa shape index (κ1) is 13.9. The van der Waals surface area contributed by atoms with E-state index < -0.39 is 16.4 Å². The number of nitro benzene ring substituents is 1. The zero-order chi connectivity index (χ0) is 14.7. The molecule has 1 amide bonds. The molecule has 20 heavy (non-hydrogen) atoms. The molecule has 0 fully saturated rings. The number of H-pyrrole nitrogens is 1. The van der Waals surface area contributed by atoms with Gasteiger partial charge in [0, 0.05) is 28.4 Å². The largest absolute Gasteiger partial charge is 0.326 e. The molecular formula is C12H8BrN3O4. The van der Waals surface area contributed by atoms with E-state index in [0.717, 1.165) is 6.07 Å². The molecule has 0 spiro atoms. The Balaban J connectivity index is 2.28. The number of hydrogen-bond donors (Lipinski definition) is 2. The molecule has 1 aromatic carbocycles. The summed E-state index contributed by atoms with van der Waals surface area (Å²) in [7, 11) is 0. The van der Waals surface area contributed by atoms with E-state index in [2.05, 4.69) is 26.2 Å². The van der Waals surface area contributed by atoms with Crippen molar-refractivity contribution in [2.45, 2.75) is 0 Å². The summed E-state index contributed by atoms with van der Waals surface area (Å²) >= 11 is 3.16. The van der Waals surface area contributed by atoms with Gasteiger partial charge in [-0.3, -0.25) is 19.7 Å². The Morgan fingerprint density at radius 2 is 2.10 bits per heavy atom. The summed E-state index contributed by atoms with van der Waals surface area (Å²) in [6.07, 6.45) is 1.44. The number of benzene rings is 1. The number of non-ortho nitro benzene ring substituents is 1. The summed E-state index contributed by atoms with van der Waals surface area (Å²) < 4.78 is 0.589. The Hall–Kier alpha value is -2.48. The van der Waals surface area contributed by atoms with Crippen molar-refractivity contribution in [2.75, 3.05) is 5.32 Å². The number of nitrogens with one attached hydrogen (secondary N) is 2. The predicted molar refractivity (Wildman–Crippen MR) is 75.8 cm³/mol. The SMILES string of the molecule is O=C(Nc1cc(Br)c[nH]c1=O)c1cccc([N+](=O)[O-])c1. The topological polar surface area (TPSA) is 105 Å². The molecular weight excluding hydrogens is 330 g/mol. The molecule has 0 aliphatic carbocycles. The number of amides is 1. The normalized spacial score (nSPS) is 10.1. The van der Waals surface area contributed by atoms with Crippen molar-refractivity contribution in [1.29, 1.82) is 0 Å². The van der Waals surface area contributed by atoms with Crippen LogP contribution in [0.15, 0.2) is 45.8 Å². The second-order valence-corrected chi connectivity index (χ2v) is 4.74. The van der Waals surface area contributed by atoms with Crippen LogP contribution in [-0.2, 0) is 0 Å². The van der Waals surface area contributed by atoms with Gasteiger partial charge in [0.1, 0.15) is 5.69 Å². The Labute approximate surface area is 120 Å². The molecule has 0 aliphatic heterocycles. The Bertz CT molecular complexity index is 741. The fraction of sp³-hybridized carbons (Fsp3) is 0. The molecule has 2 rings (SSSR count). The van der Waals surface area contributed by atoms with Crippen LogP contribution in [0.3, 0.4) is 0 Å². The number of anilines is 1. The molecule has 1 heterocycles. The maximum atomic E-state index is 12.0. The number of rotatable bonds is 3. The summed E-state index contributed by atoms with van der Waals surface area (Å²) in [6.45, 7) is 0. The van der Waals surface area contributed by atoms with Gasteiger partial charge >= 0.3 is 0 Å². The maximum Gasteiger partial charge on any atom is 0.271 e. The molecule has 0 aliphatic rings. The Morgan fingerprint density at radius 3 is 2.80 bits per heavy atom. The summed E-state index contributed by atoms with van der Waals surface area (Å²) in [4.78, 5) is 35.9. The maximum absolute atomic E-state index is 12.0. The molecule has 0 atom stereocenters. The van der Waals surface area contributed by atoms with Gasteiger partial charge in [-0.15, -0.1) is 0 Å². The summed E-state index contributed by atoms with van der Waals surface area (Å²) in [5, 5.41) is 13.0. The first-order valence-corrected chi connectivity index (χ1v) is 6.21. The van der Waals surface area contributed by atoms with E-state index >= 15 is 0 Å². The molecule has 0 saturated carbocycles. The lowest BCUT2D eigenvalue weighted by Gasteiger charge is -2.04. The number of hydrogen-bond acceptors (Lipinski definition) is 4. The van der Waals surface area contributed by atoms with Gasteiger partial charge in [-0.1, -0.05) is 6.07 Å². The second-order valence-electron chi connectivity index (χ2n) is 3.82. The number of nitrogens with zero attached hydrogens (tertiary/aromatic N) is 1. The van der Waals surface area contributed by atoms with Crippen LogP contribution >= 0.6 is 15.9 Å². The van der Waals surface area contributed by atoms with E-state index in [-0.39, 0.29) is 16.9 Å². The molecule has 102 valence electrons. The number of carbonyl (C=O) groups excluding carboxylic acids is 1. The standard InChI is InChI=1S/C12H8BrN3O4/c13-8-5-10(12(18)14-6-8)15-11(17)7-2-1-3-9(4-7)16(19)20/h1-6H,(H,14,18)(H,15,17). The molecule has 2 N–H and O–H groups in total. The third-order valence-corrected chi connectivity index (χ3v) is 2.89. The Kier molecular flexibility index (Phi) is 3.94. The molecule has 0 unspecified atom stereocenters. The van der Waals surface area contributed by atoms with Crippen molar-refractivity contribution in [2.24, 2.45) is 0 Å². The number of halogens is 1. The monoisotopic (exact) mass is 337 g/mol. The number of nitro groups is 1. The highest BCUT2D eigenvalue weighted by atomic mass is 79.9. The molecule has 7 nitrogen and oxygen atoms in total. The lowest BCUT2D eigenvalue weighted by atomic mass is 10.2. The fourth-order valence-corrected chi connectivity index (χ4v) is 1.85. The lowest BCUT2D eigenvalue weighted by molar-refractivity contribution is -0.384. The average molecular weight is 338 g/mol. The van der Waals surface area contributed by atoms with Crippen molar-refractivity contribution in [1.82, 2.24) is 4.98 Å². The zero-order valence-corrected chi connectivity index (χ0v) is 11.5. The minimum atomic E-state index is -0.600. The average Bonchev–Trinajstić information content (AvgIpc) is 2.43. The number of aromatic nitrogens is 1. The fourth-order valence-electron chi connectivity index (χ4n) is 1.51. The third kappa shape index (κ3) is 3.09. The van der Waals surface area contributed by atoms with E-state index in [4.69, 9.17) is 0 Å². The van der Waals surface area contributed by atoms with Crippen LogP contribution in [0.2, 0.25) is 0 Å². The minimum absolute atomic E-state index is 0.0517. The first-order chi connectivity index (χ1) is 9.47. The van der Waals surface area contributed by atoms with Crippen LogP contribution in [0.5, 0.6) is 0 Å². The van der Waals surface area contributed by atoms with Crippen LogP contribution < -0.4 is 10.9 Å². The molecule has 2 aromatic rings. The summed E-state index contributed by atoms with van der Waals surface area (Å²) in [6, 6.07) is 6.69. The molecule has 0 bridgehead atoms. The van der Waals surface area contributed by atoms with E-state index in [0.29, 0.717) is 4.47 Å². The van der Waals surface area contributed by atoms with Gasteiger partial charge in [0.05, 0.1) is 4.92 Å². The summed E-state index contributed by atoms with van der Waals surface area (Å²) in [5.74, 6) is -0.600. The highest BCUT2D eigenvalue weighted by Crippen LogP contribution is 2.15. The Morgan fingerprint density at radius 1 is 1.35 bits per heavy atom. The smallest absolute Gasteiger partial charge is 0.271 e. The van der Waals surface area contributed by atoms with Crippen LogP contribution in [-0.4, -0.2) is 15.8 Å². The van der Waals surface area contributed by atoms with Crippen molar-refractivity contribution >= 4 is 33.2 Å². The molecule has 0 saturated heterocycles. The van der Waals surface area contributed by atoms with E-state index in [9.17, 15) is 19.7 Å². The number of carbonyl (C=O) groups is 1. The van der Waals surface area contributed by atoms with E-state index in [1.807, 2.05) is 0 Å². The van der Waals surface area contributed by atoms with Gasteiger partial charge in [-0.05, 0) is 28.1 Å². The van der Waals surface area contributed by atoms with Crippen LogP contribution in [0.1, 0.15) is 10.4 Å². The minimum Gasteiger partial charge on any atom is -0.326 e. The van der Waals surface area contributed by atoms with Gasteiger partial charge in [-0.2, -0.15) is 0 Å². The van der Waals surface area contributed by atoms with Gasteiger partial charge in [0.2, 0.25) is 0 Å². The van der Waals surface area contributed by atoms with Crippen molar-refractivity contribution in [3.05, 3.63) is 67.0 Å². The highest BCUT2D eigenvalue weighted by Gasteiger charge is 2.13. The van der Waals surface area contributed by atoms with Crippen molar-refractivity contribution < 1.29 is 9.72 Å². The second kappa shape index (κ2) is 5.66. The lowest BCUT2D eigenvalue weighted by Crippen LogP contribution is -2.19. The highest BCUT2D eigenvalue weighted by molar-refractivity contribution is 9.10. The van der Waals surface area contributed by atoms with Gasteiger partial charge in [0.25, 0.3) is 17.2 Å². The van der Waals surface area contributed by atoms with Crippen molar-refractivity contribution in [3.8, 4) is 0 Å².